The van der Waals surface area contributed by atoms with Gasteiger partial charge in [0.1, 0.15) is 16.8 Å². The quantitative estimate of drug-likeness (QED) is 0.615. The van der Waals surface area contributed by atoms with Crippen LogP contribution >= 0.6 is 11.6 Å². The molecule has 0 unspecified atom stereocenters. The highest BCUT2D eigenvalue weighted by Gasteiger charge is 2.11. The monoisotopic (exact) mass is 290 g/mol. The van der Waals surface area contributed by atoms with Crippen LogP contribution in [0.25, 0.3) is 22.3 Å². The second kappa shape index (κ2) is 4.80. The molecule has 0 fully saturated rings. The number of hydrogen-bond acceptors (Lipinski definition) is 2. The average Bonchev–Trinajstić information content (AvgIpc) is 2.41. The molecule has 3 aromatic rings. The zero-order chi connectivity index (χ0) is 14.3. The average molecular weight is 291 g/mol. The van der Waals surface area contributed by atoms with Crippen LogP contribution in [0.4, 0.5) is 8.78 Å². The van der Waals surface area contributed by atoms with Crippen molar-refractivity contribution in [3.05, 3.63) is 58.7 Å². The summed E-state index contributed by atoms with van der Waals surface area (Å²) in [7, 11) is 0. The summed E-state index contributed by atoms with van der Waals surface area (Å²) in [4.78, 5) is 8.40. The van der Waals surface area contributed by atoms with Crippen molar-refractivity contribution in [1.29, 1.82) is 0 Å². The molecule has 2 aromatic carbocycles. The van der Waals surface area contributed by atoms with Gasteiger partial charge in [0.15, 0.2) is 5.82 Å². The third kappa shape index (κ3) is 2.23. The van der Waals surface area contributed by atoms with Crippen LogP contribution in [0.5, 0.6) is 0 Å². The summed E-state index contributed by atoms with van der Waals surface area (Å²) in [6, 6.07) is 8.77. The minimum Gasteiger partial charge on any atom is -0.228 e. The normalized spacial score (nSPS) is 11.0. The fourth-order valence-corrected chi connectivity index (χ4v) is 2.21. The van der Waals surface area contributed by atoms with Gasteiger partial charge in [0, 0.05) is 17.0 Å². The molecule has 0 radical (unpaired) electrons. The van der Waals surface area contributed by atoms with E-state index in [2.05, 4.69) is 9.97 Å². The fraction of sp³-hybridized carbons (Fsp3) is 0.0667. The molecule has 1 heterocycles. The van der Waals surface area contributed by atoms with E-state index in [0.717, 1.165) is 0 Å². The largest absolute Gasteiger partial charge is 0.228 e. The second-order valence-electron chi connectivity index (χ2n) is 4.47. The van der Waals surface area contributed by atoms with Crippen LogP contribution in [-0.2, 0) is 0 Å². The van der Waals surface area contributed by atoms with Gasteiger partial charge in [-0.25, -0.2) is 18.7 Å². The first-order valence-corrected chi connectivity index (χ1v) is 6.32. The van der Waals surface area contributed by atoms with Crippen molar-refractivity contribution >= 4 is 22.5 Å². The molecule has 20 heavy (non-hydrogen) atoms. The van der Waals surface area contributed by atoms with E-state index in [9.17, 15) is 8.78 Å². The number of hydrogen-bond donors (Lipinski definition) is 0. The highest BCUT2D eigenvalue weighted by molar-refractivity contribution is 6.34. The van der Waals surface area contributed by atoms with Crippen LogP contribution < -0.4 is 0 Å². The molecule has 0 aliphatic rings. The number of aryl methyl sites for hydroxylation is 1. The lowest BCUT2D eigenvalue weighted by Crippen LogP contribution is -1.94. The SMILES string of the molecule is Cc1cc2c(Cl)nc(-c3cccc(F)c3)nc2cc1F. The highest BCUT2D eigenvalue weighted by Crippen LogP contribution is 2.27. The van der Waals surface area contributed by atoms with Gasteiger partial charge < -0.3 is 0 Å². The Bertz CT molecular complexity index is 818. The van der Waals surface area contributed by atoms with Gasteiger partial charge in [0.25, 0.3) is 0 Å². The number of fused-ring (bicyclic) bond motifs is 1. The van der Waals surface area contributed by atoms with E-state index in [1.165, 1.54) is 18.2 Å². The minimum absolute atomic E-state index is 0.220. The summed E-state index contributed by atoms with van der Waals surface area (Å²) in [6.07, 6.45) is 0. The van der Waals surface area contributed by atoms with E-state index in [0.29, 0.717) is 22.0 Å². The smallest absolute Gasteiger partial charge is 0.161 e. The summed E-state index contributed by atoms with van der Waals surface area (Å²) >= 11 is 6.11. The van der Waals surface area contributed by atoms with E-state index in [4.69, 9.17) is 11.6 Å². The van der Waals surface area contributed by atoms with Crippen LogP contribution in [0.3, 0.4) is 0 Å². The Morgan fingerprint density at radius 2 is 1.85 bits per heavy atom. The Balaban J connectivity index is 2.26. The van der Waals surface area contributed by atoms with Crippen molar-refractivity contribution in [2.75, 3.05) is 0 Å². The molecular formula is C15H9ClF2N2. The van der Waals surface area contributed by atoms with E-state index >= 15 is 0 Å². The molecule has 3 rings (SSSR count). The van der Waals surface area contributed by atoms with Crippen molar-refractivity contribution in [3.63, 3.8) is 0 Å². The predicted molar refractivity (Wildman–Crippen MR) is 74.6 cm³/mol. The summed E-state index contributed by atoms with van der Waals surface area (Å²) in [5, 5.41) is 0.795. The molecule has 0 N–H and O–H groups in total. The Kier molecular flexibility index (Phi) is 3.10. The standard InChI is InChI=1S/C15H9ClF2N2/c1-8-5-11-13(7-12(8)18)19-15(20-14(11)16)9-3-2-4-10(17)6-9/h2-7H,1H3. The number of nitrogens with zero attached hydrogens (tertiary/aromatic N) is 2. The fourth-order valence-electron chi connectivity index (χ4n) is 1.98. The minimum atomic E-state index is -0.391. The maximum Gasteiger partial charge on any atom is 0.161 e. The molecule has 0 spiro atoms. The third-order valence-corrected chi connectivity index (χ3v) is 3.30. The molecule has 0 bridgehead atoms. The third-order valence-electron chi connectivity index (χ3n) is 3.01. The Labute approximate surface area is 119 Å². The van der Waals surface area contributed by atoms with E-state index in [1.807, 2.05) is 0 Å². The number of aromatic nitrogens is 2. The zero-order valence-corrected chi connectivity index (χ0v) is 11.2. The van der Waals surface area contributed by atoms with Crippen LogP contribution in [0.2, 0.25) is 5.15 Å². The lowest BCUT2D eigenvalue weighted by Gasteiger charge is -2.06. The Morgan fingerprint density at radius 3 is 2.60 bits per heavy atom. The lowest BCUT2D eigenvalue weighted by molar-refractivity contribution is 0.620. The predicted octanol–water partition coefficient (Wildman–Crippen LogP) is 4.54. The van der Waals surface area contributed by atoms with Gasteiger partial charge in [0.2, 0.25) is 0 Å². The molecule has 2 nitrogen and oxygen atoms in total. The van der Waals surface area contributed by atoms with Gasteiger partial charge in [-0.1, -0.05) is 23.7 Å². The number of benzene rings is 2. The van der Waals surface area contributed by atoms with Gasteiger partial charge in [-0.3, -0.25) is 0 Å². The Morgan fingerprint density at radius 1 is 1.05 bits per heavy atom. The summed E-state index contributed by atoms with van der Waals surface area (Å²) in [6.45, 7) is 1.64. The maximum atomic E-state index is 13.6. The topological polar surface area (TPSA) is 25.8 Å². The van der Waals surface area contributed by atoms with Crippen LogP contribution in [0, 0.1) is 18.6 Å². The van der Waals surface area contributed by atoms with Gasteiger partial charge in [-0.15, -0.1) is 0 Å². The number of halogens is 3. The molecule has 0 aliphatic carbocycles. The van der Waals surface area contributed by atoms with Crippen LogP contribution in [-0.4, -0.2) is 9.97 Å². The molecule has 5 heteroatoms. The molecule has 1 aromatic heterocycles. The van der Waals surface area contributed by atoms with Crippen LogP contribution in [0.1, 0.15) is 5.56 Å². The van der Waals surface area contributed by atoms with Gasteiger partial charge in [-0.05, 0) is 30.7 Å². The second-order valence-corrected chi connectivity index (χ2v) is 4.82. The summed E-state index contributed by atoms with van der Waals surface area (Å²) in [5.41, 5.74) is 1.36. The van der Waals surface area contributed by atoms with Gasteiger partial charge in [0.05, 0.1) is 5.52 Å². The summed E-state index contributed by atoms with van der Waals surface area (Å²) in [5.74, 6) is -0.486. The van der Waals surface area contributed by atoms with Crippen molar-refractivity contribution in [2.45, 2.75) is 6.92 Å². The van der Waals surface area contributed by atoms with Crippen molar-refractivity contribution < 1.29 is 8.78 Å². The first kappa shape index (κ1) is 12.9. The molecule has 0 aliphatic heterocycles. The highest BCUT2D eigenvalue weighted by atomic mass is 35.5. The molecule has 0 saturated heterocycles. The van der Waals surface area contributed by atoms with Crippen molar-refractivity contribution in [2.24, 2.45) is 0 Å². The van der Waals surface area contributed by atoms with Crippen molar-refractivity contribution in [3.8, 4) is 11.4 Å². The molecule has 0 amide bonds. The van der Waals surface area contributed by atoms with E-state index in [-0.39, 0.29) is 16.8 Å². The Hall–Kier alpha value is -2.07. The summed E-state index contributed by atoms with van der Waals surface area (Å²) < 4.78 is 26.9. The first-order valence-electron chi connectivity index (χ1n) is 5.94. The molecule has 0 atom stereocenters. The van der Waals surface area contributed by atoms with Gasteiger partial charge in [-0.2, -0.15) is 0 Å². The number of rotatable bonds is 1. The zero-order valence-electron chi connectivity index (χ0n) is 10.5. The molecule has 100 valence electrons. The van der Waals surface area contributed by atoms with Gasteiger partial charge >= 0.3 is 0 Å². The molecule has 0 saturated carbocycles. The molecular weight excluding hydrogens is 282 g/mol. The van der Waals surface area contributed by atoms with E-state index in [1.54, 1.807) is 25.1 Å². The van der Waals surface area contributed by atoms with E-state index < -0.39 is 5.82 Å². The van der Waals surface area contributed by atoms with Crippen LogP contribution in [0.15, 0.2) is 36.4 Å². The first-order chi connectivity index (χ1) is 9.54. The maximum absolute atomic E-state index is 13.6. The lowest BCUT2D eigenvalue weighted by atomic mass is 10.1. The van der Waals surface area contributed by atoms with Crippen molar-refractivity contribution in [1.82, 2.24) is 9.97 Å².